The molecule has 0 spiro atoms. The molecule has 2 rings (SSSR count). The molecule has 1 aliphatic heterocycles. The average Bonchev–Trinajstić information content (AvgIpc) is 3.17. The van der Waals surface area contributed by atoms with E-state index in [-0.39, 0.29) is 31.3 Å². The predicted molar refractivity (Wildman–Crippen MR) is 239 cm³/mol. The van der Waals surface area contributed by atoms with E-state index in [4.69, 9.17) is 18.9 Å². The molecule has 4 amide bonds. The first-order valence-corrected chi connectivity index (χ1v) is 22.8. The van der Waals surface area contributed by atoms with Gasteiger partial charge in [0.2, 0.25) is 5.91 Å². The Hall–Kier alpha value is -4.40. The quantitative estimate of drug-likeness (QED) is 0.0501. The number of nitrogens with one attached hydrogen (secondary N) is 3. The molecule has 0 aliphatic carbocycles. The highest BCUT2D eigenvalue weighted by Gasteiger charge is 2.31. The maximum atomic E-state index is 13.2. The van der Waals surface area contributed by atoms with Gasteiger partial charge in [0.25, 0.3) is 0 Å². The fourth-order valence-corrected chi connectivity index (χ4v) is 6.69. The zero-order valence-electron chi connectivity index (χ0n) is 39.4. The smallest absolute Gasteiger partial charge is 0.410 e. The summed E-state index contributed by atoms with van der Waals surface area (Å²) in [7, 11) is 0. The van der Waals surface area contributed by atoms with Crippen molar-refractivity contribution in [2.45, 2.75) is 188 Å². The number of carbonyl (C=O) groups excluding carboxylic acids is 6. The van der Waals surface area contributed by atoms with E-state index in [0.717, 1.165) is 57.3 Å². The molecule has 1 aromatic rings. The molecule has 0 saturated carbocycles. The first-order valence-electron chi connectivity index (χ1n) is 22.8. The van der Waals surface area contributed by atoms with E-state index in [1.165, 1.54) is 19.3 Å². The molecule has 0 unspecified atom stereocenters. The first kappa shape index (κ1) is 53.7. The second kappa shape index (κ2) is 27.6. The molecule has 1 aromatic carbocycles. The Balaban J connectivity index is 1.61. The van der Waals surface area contributed by atoms with Crippen LogP contribution in [0.2, 0.25) is 0 Å². The van der Waals surface area contributed by atoms with E-state index in [0.29, 0.717) is 45.5 Å². The predicted octanol–water partition coefficient (Wildman–Crippen LogP) is 7.58. The number of esters is 3. The third-order valence-electron chi connectivity index (χ3n) is 9.76. The lowest BCUT2D eigenvalue weighted by atomic mass is 10.1. The monoisotopic (exact) mass is 874 g/mol. The van der Waals surface area contributed by atoms with Crippen LogP contribution in [0.5, 0.6) is 0 Å². The van der Waals surface area contributed by atoms with Crippen LogP contribution in [0.25, 0.3) is 0 Å². The summed E-state index contributed by atoms with van der Waals surface area (Å²) in [5.74, 6) is -1.86. The molecule has 1 heterocycles. The zero-order valence-corrected chi connectivity index (χ0v) is 39.4. The Morgan fingerprint density at radius 3 is 1.66 bits per heavy atom. The highest BCUT2D eigenvalue weighted by molar-refractivity contribution is 5.87. The minimum Gasteiger partial charge on any atom is -0.460 e. The van der Waals surface area contributed by atoms with Crippen molar-refractivity contribution >= 4 is 35.9 Å². The Morgan fingerprint density at radius 2 is 1.11 bits per heavy atom. The van der Waals surface area contributed by atoms with Crippen molar-refractivity contribution in [1.29, 1.82) is 0 Å². The number of hydrogen-bond acceptors (Lipinski definition) is 11. The van der Waals surface area contributed by atoms with E-state index in [9.17, 15) is 28.8 Å². The SMILES string of the molecule is CC(C)(C)OC(=O)CC[C@H](NC(=O)N[C@@H](CCCCNC(=O)CCCCCCCCCCN1CCN(C(=O)OCc2ccccc2)CC1)C(=O)OC(C)(C)C)C(=O)OC(C)(C)C. The maximum Gasteiger partial charge on any atom is 0.410 e. The summed E-state index contributed by atoms with van der Waals surface area (Å²) >= 11 is 0. The minimum absolute atomic E-state index is 0.00401. The highest BCUT2D eigenvalue weighted by Crippen LogP contribution is 2.16. The van der Waals surface area contributed by atoms with E-state index >= 15 is 0 Å². The third kappa shape index (κ3) is 26.2. The number of urea groups is 1. The second-order valence-corrected chi connectivity index (χ2v) is 19.2. The normalized spacial score (nSPS) is 14.6. The van der Waals surface area contributed by atoms with Crippen molar-refractivity contribution < 1.29 is 47.7 Å². The van der Waals surface area contributed by atoms with E-state index < -0.39 is 52.8 Å². The number of piperazine rings is 1. The number of benzene rings is 1. The number of ether oxygens (including phenoxy) is 4. The largest absolute Gasteiger partial charge is 0.460 e. The van der Waals surface area contributed by atoms with Gasteiger partial charge >= 0.3 is 30.0 Å². The lowest BCUT2D eigenvalue weighted by molar-refractivity contribution is -0.159. The summed E-state index contributed by atoms with van der Waals surface area (Å²) in [6.07, 6.45) is 10.2. The van der Waals surface area contributed by atoms with Gasteiger partial charge in [-0.1, -0.05) is 68.9 Å². The van der Waals surface area contributed by atoms with Gasteiger partial charge in [-0.05, 0) is 113 Å². The van der Waals surface area contributed by atoms with Gasteiger partial charge in [-0.15, -0.1) is 0 Å². The van der Waals surface area contributed by atoms with E-state index in [1.54, 1.807) is 67.2 Å². The van der Waals surface area contributed by atoms with Crippen molar-refractivity contribution in [2.24, 2.45) is 0 Å². The highest BCUT2D eigenvalue weighted by atomic mass is 16.6. The molecule has 0 radical (unpaired) electrons. The lowest BCUT2D eigenvalue weighted by Crippen LogP contribution is -2.53. The zero-order chi connectivity index (χ0) is 46.2. The number of amides is 4. The van der Waals surface area contributed by atoms with Gasteiger partial charge in [-0.25, -0.2) is 19.2 Å². The Kier molecular flexibility index (Phi) is 23.9. The second-order valence-electron chi connectivity index (χ2n) is 19.2. The van der Waals surface area contributed by atoms with Gasteiger partial charge in [-0.2, -0.15) is 0 Å². The van der Waals surface area contributed by atoms with Crippen LogP contribution < -0.4 is 16.0 Å². The fourth-order valence-electron chi connectivity index (χ4n) is 6.69. The van der Waals surface area contributed by atoms with Gasteiger partial charge in [-0.3, -0.25) is 14.5 Å². The number of rotatable bonds is 25. The van der Waals surface area contributed by atoms with Gasteiger partial charge in [0.1, 0.15) is 35.5 Å². The van der Waals surface area contributed by atoms with Crippen LogP contribution in [0.1, 0.15) is 158 Å². The van der Waals surface area contributed by atoms with Crippen LogP contribution in [0, 0.1) is 0 Å². The molecule has 1 fully saturated rings. The molecule has 1 saturated heterocycles. The molecular weight excluding hydrogens is 795 g/mol. The molecular formula is C47H79N5O10. The van der Waals surface area contributed by atoms with Crippen LogP contribution in [-0.4, -0.2) is 114 Å². The fraction of sp³-hybridized carbons (Fsp3) is 0.745. The van der Waals surface area contributed by atoms with Crippen LogP contribution in [-0.2, 0) is 44.7 Å². The van der Waals surface area contributed by atoms with Gasteiger partial charge in [0.15, 0.2) is 0 Å². The first-order chi connectivity index (χ1) is 29.1. The molecule has 0 aromatic heterocycles. The van der Waals surface area contributed by atoms with E-state index in [1.807, 2.05) is 30.3 Å². The summed E-state index contributed by atoms with van der Waals surface area (Å²) < 4.78 is 21.9. The van der Waals surface area contributed by atoms with Crippen LogP contribution in [0.3, 0.4) is 0 Å². The van der Waals surface area contributed by atoms with Gasteiger partial charge in [0.05, 0.1) is 0 Å². The molecule has 2 atom stereocenters. The average molecular weight is 874 g/mol. The summed E-state index contributed by atoms with van der Waals surface area (Å²) in [4.78, 5) is 80.8. The number of unbranched alkanes of at least 4 members (excludes halogenated alkanes) is 8. The minimum atomic E-state index is -1.17. The lowest BCUT2D eigenvalue weighted by Gasteiger charge is -2.34. The Morgan fingerprint density at radius 1 is 0.597 bits per heavy atom. The van der Waals surface area contributed by atoms with Crippen molar-refractivity contribution in [3.8, 4) is 0 Å². The molecule has 352 valence electrons. The molecule has 0 bridgehead atoms. The van der Waals surface area contributed by atoms with Crippen LogP contribution >= 0.6 is 0 Å². The summed E-state index contributed by atoms with van der Waals surface area (Å²) in [5.41, 5.74) is -1.35. The molecule has 62 heavy (non-hydrogen) atoms. The molecule has 3 N–H and O–H groups in total. The van der Waals surface area contributed by atoms with Crippen LogP contribution in [0.4, 0.5) is 9.59 Å². The van der Waals surface area contributed by atoms with Gasteiger partial charge < -0.3 is 39.8 Å². The Bertz CT molecular complexity index is 1510. The van der Waals surface area contributed by atoms with Gasteiger partial charge in [0, 0.05) is 45.6 Å². The number of carbonyl (C=O) groups is 6. The maximum absolute atomic E-state index is 13.2. The topological polar surface area (TPSA) is 182 Å². The number of nitrogens with zero attached hydrogens (tertiary/aromatic N) is 2. The van der Waals surface area contributed by atoms with Crippen molar-refractivity contribution in [2.75, 3.05) is 39.3 Å². The summed E-state index contributed by atoms with van der Waals surface area (Å²) in [6, 6.07) is 6.77. The molecule has 15 heteroatoms. The van der Waals surface area contributed by atoms with E-state index in [2.05, 4.69) is 20.9 Å². The third-order valence-corrected chi connectivity index (χ3v) is 9.76. The summed E-state index contributed by atoms with van der Waals surface area (Å²) in [5, 5.41) is 8.18. The standard InChI is InChI=1S/C47H79N5O10/c1-45(2,3)60-40(54)28-27-38(42(56)62-47(7,8)9)50-43(57)49-37(41(55)61-46(4,5)6)25-20-21-29-48-39(53)26-19-14-12-10-11-13-15-22-30-51-31-33-52(34-32-51)44(58)59-35-36-23-17-16-18-24-36/h16-18,23-24,37-38H,10-15,19-22,25-35H2,1-9H3,(H,48,53)(H2,49,50,57)/t37-,38-/m0/s1. The van der Waals surface area contributed by atoms with Crippen molar-refractivity contribution in [3.63, 3.8) is 0 Å². The molecule has 15 nitrogen and oxygen atoms in total. The Labute approximate surface area is 371 Å². The van der Waals surface area contributed by atoms with Crippen molar-refractivity contribution in [1.82, 2.24) is 25.8 Å². The number of hydrogen-bond donors (Lipinski definition) is 3. The van der Waals surface area contributed by atoms with Crippen molar-refractivity contribution in [3.05, 3.63) is 35.9 Å². The summed E-state index contributed by atoms with van der Waals surface area (Å²) in [6.45, 7) is 20.5. The van der Waals surface area contributed by atoms with Crippen LogP contribution in [0.15, 0.2) is 30.3 Å². The molecule has 1 aliphatic rings.